The Morgan fingerprint density at radius 2 is 1.69 bits per heavy atom. The van der Waals surface area contributed by atoms with Gasteiger partial charge in [-0.3, -0.25) is 4.68 Å². The number of hydrogen-bond acceptors (Lipinski definition) is 2. The molecule has 2 N–H and O–H groups in total. The van der Waals surface area contributed by atoms with E-state index in [1.807, 2.05) is 0 Å². The van der Waals surface area contributed by atoms with Crippen molar-refractivity contribution in [3.05, 3.63) is 74.3 Å². The van der Waals surface area contributed by atoms with E-state index in [2.05, 4.69) is 15.7 Å². The third-order valence-electron chi connectivity index (χ3n) is 3.44. The molecule has 0 aliphatic rings. The lowest BCUT2D eigenvalue weighted by Gasteiger charge is -2.10. The van der Waals surface area contributed by atoms with Gasteiger partial charge in [0.15, 0.2) is 10.9 Å². The minimum absolute atomic E-state index is 0.343. The van der Waals surface area contributed by atoms with Crippen molar-refractivity contribution in [2.45, 2.75) is 6.54 Å². The van der Waals surface area contributed by atoms with Crippen LogP contribution < -0.4 is 10.6 Å². The van der Waals surface area contributed by atoms with Gasteiger partial charge in [-0.15, -0.1) is 0 Å². The molecule has 0 atom stereocenters. The lowest BCUT2D eigenvalue weighted by Crippen LogP contribution is -2.19. The van der Waals surface area contributed by atoms with Gasteiger partial charge in [-0.05, 0) is 42.5 Å². The zero-order chi connectivity index (χ0) is 18.7. The van der Waals surface area contributed by atoms with Crippen LogP contribution in [0.5, 0.6) is 0 Å². The second-order valence-electron chi connectivity index (χ2n) is 5.30. The molecule has 0 unspecified atom stereocenters. The van der Waals surface area contributed by atoms with Crippen LogP contribution >= 0.6 is 58.6 Å². The molecule has 3 aromatic rings. The van der Waals surface area contributed by atoms with E-state index in [9.17, 15) is 0 Å². The average Bonchev–Trinajstić information content (AvgIpc) is 3.01. The molecule has 0 aliphatic carbocycles. The first-order valence-electron chi connectivity index (χ1n) is 7.42. The molecular formula is C17H12Cl4N4S. The van der Waals surface area contributed by atoms with Crippen molar-refractivity contribution in [2.75, 3.05) is 10.6 Å². The first-order chi connectivity index (χ1) is 12.4. The Labute approximate surface area is 176 Å². The van der Waals surface area contributed by atoms with Crippen molar-refractivity contribution in [1.29, 1.82) is 0 Å². The van der Waals surface area contributed by atoms with Crippen molar-refractivity contribution in [3.8, 4) is 0 Å². The molecule has 0 saturated heterocycles. The number of rotatable bonds is 4. The van der Waals surface area contributed by atoms with E-state index < -0.39 is 0 Å². The van der Waals surface area contributed by atoms with E-state index in [0.717, 1.165) is 5.56 Å². The largest absolute Gasteiger partial charge is 0.331 e. The summed E-state index contributed by atoms with van der Waals surface area (Å²) in [6.07, 6.45) is 1.80. The van der Waals surface area contributed by atoms with Crippen LogP contribution in [0.3, 0.4) is 0 Å². The molecule has 2 aromatic carbocycles. The van der Waals surface area contributed by atoms with Crippen LogP contribution in [0, 0.1) is 0 Å². The van der Waals surface area contributed by atoms with E-state index in [0.29, 0.717) is 43.3 Å². The highest BCUT2D eigenvalue weighted by molar-refractivity contribution is 7.80. The van der Waals surface area contributed by atoms with Crippen molar-refractivity contribution < 1.29 is 0 Å². The maximum atomic E-state index is 6.19. The van der Waals surface area contributed by atoms with E-state index in [4.69, 9.17) is 58.6 Å². The summed E-state index contributed by atoms with van der Waals surface area (Å²) in [5.74, 6) is 0.573. The van der Waals surface area contributed by atoms with Crippen LogP contribution in [0.25, 0.3) is 0 Å². The van der Waals surface area contributed by atoms with Crippen molar-refractivity contribution in [1.82, 2.24) is 9.78 Å². The molecule has 26 heavy (non-hydrogen) atoms. The van der Waals surface area contributed by atoms with Gasteiger partial charge in [0.05, 0.1) is 17.3 Å². The summed E-state index contributed by atoms with van der Waals surface area (Å²) < 4.78 is 1.71. The molecule has 4 nitrogen and oxygen atoms in total. The summed E-state index contributed by atoms with van der Waals surface area (Å²) >= 11 is 29.8. The second-order valence-corrected chi connectivity index (χ2v) is 7.37. The molecular weight excluding hydrogens is 434 g/mol. The Morgan fingerprint density at radius 3 is 2.42 bits per heavy atom. The molecule has 1 heterocycles. The fourth-order valence-electron chi connectivity index (χ4n) is 2.22. The molecule has 0 aliphatic heterocycles. The number of nitrogens with zero attached hydrogens (tertiary/aromatic N) is 2. The van der Waals surface area contributed by atoms with Crippen molar-refractivity contribution >= 4 is 75.2 Å². The number of aromatic nitrogens is 2. The fourth-order valence-corrected chi connectivity index (χ4v) is 3.29. The smallest absolute Gasteiger partial charge is 0.176 e. The summed E-state index contributed by atoms with van der Waals surface area (Å²) in [7, 11) is 0. The maximum absolute atomic E-state index is 6.19. The predicted octanol–water partition coefficient (Wildman–Crippen LogP) is 6.35. The topological polar surface area (TPSA) is 41.9 Å². The monoisotopic (exact) mass is 444 g/mol. The van der Waals surface area contributed by atoms with Crippen LogP contribution in [0.1, 0.15) is 5.56 Å². The van der Waals surface area contributed by atoms with Crippen molar-refractivity contribution in [2.24, 2.45) is 0 Å². The van der Waals surface area contributed by atoms with Gasteiger partial charge in [-0.25, -0.2) is 0 Å². The van der Waals surface area contributed by atoms with Crippen LogP contribution in [0.2, 0.25) is 20.1 Å². The molecule has 0 fully saturated rings. The summed E-state index contributed by atoms with van der Waals surface area (Å²) in [6.45, 7) is 0.445. The number of nitrogens with one attached hydrogen (secondary N) is 2. The van der Waals surface area contributed by atoms with Crippen LogP contribution in [0.4, 0.5) is 11.5 Å². The molecule has 0 saturated carbocycles. The maximum Gasteiger partial charge on any atom is 0.176 e. The molecule has 0 spiro atoms. The molecule has 0 radical (unpaired) electrons. The lowest BCUT2D eigenvalue weighted by molar-refractivity contribution is 0.690. The highest BCUT2D eigenvalue weighted by atomic mass is 35.5. The van der Waals surface area contributed by atoms with E-state index in [-0.39, 0.29) is 0 Å². The van der Waals surface area contributed by atoms with Gasteiger partial charge >= 0.3 is 0 Å². The van der Waals surface area contributed by atoms with Crippen LogP contribution in [-0.4, -0.2) is 14.9 Å². The molecule has 1 aromatic heterocycles. The molecule has 0 amide bonds. The number of hydrogen-bond donors (Lipinski definition) is 2. The first kappa shape index (κ1) is 19.3. The van der Waals surface area contributed by atoms with E-state index in [1.165, 1.54) is 0 Å². The fraction of sp³-hybridized carbons (Fsp3) is 0.0588. The highest BCUT2D eigenvalue weighted by Gasteiger charge is 2.09. The zero-order valence-corrected chi connectivity index (χ0v) is 17.0. The van der Waals surface area contributed by atoms with Crippen LogP contribution in [-0.2, 0) is 6.54 Å². The van der Waals surface area contributed by atoms with Gasteiger partial charge < -0.3 is 10.6 Å². The Bertz CT molecular complexity index is 937. The number of benzene rings is 2. The Morgan fingerprint density at radius 1 is 0.962 bits per heavy atom. The number of halogens is 4. The standard InChI is InChI=1S/C17H12Cl4N4S/c18-10-4-5-14(21)15(8-10)22-17(26)23-16-6-7-25(24-16)9-11-12(19)2-1-3-13(11)20/h1-8H,9H2,(H2,22,23,24,26). The van der Waals surface area contributed by atoms with E-state index >= 15 is 0 Å². The minimum atomic E-state index is 0.343. The molecule has 134 valence electrons. The van der Waals surface area contributed by atoms with Gasteiger partial charge in [0.1, 0.15) is 0 Å². The Hall–Kier alpha value is -1.50. The SMILES string of the molecule is S=C(Nc1ccn(Cc2c(Cl)cccc2Cl)n1)Nc1cc(Cl)ccc1Cl. The summed E-state index contributed by atoms with van der Waals surface area (Å²) in [5, 5.41) is 13.0. The summed E-state index contributed by atoms with van der Waals surface area (Å²) in [4.78, 5) is 0. The molecule has 9 heteroatoms. The van der Waals surface area contributed by atoms with Gasteiger partial charge in [0.2, 0.25) is 0 Å². The summed E-state index contributed by atoms with van der Waals surface area (Å²) in [5.41, 5.74) is 1.41. The van der Waals surface area contributed by atoms with E-state index in [1.54, 1.807) is 53.3 Å². The Balaban J connectivity index is 1.66. The Kier molecular flexibility index (Phi) is 6.27. The van der Waals surface area contributed by atoms with Gasteiger partial charge in [0, 0.05) is 32.9 Å². The second kappa shape index (κ2) is 8.46. The lowest BCUT2D eigenvalue weighted by atomic mass is 10.2. The molecule has 0 bridgehead atoms. The first-order valence-corrected chi connectivity index (χ1v) is 9.34. The quantitative estimate of drug-likeness (QED) is 0.458. The highest BCUT2D eigenvalue weighted by Crippen LogP contribution is 2.26. The number of anilines is 2. The third kappa shape index (κ3) is 4.81. The van der Waals surface area contributed by atoms with Gasteiger partial charge in [-0.1, -0.05) is 52.5 Å². The van der Waals surface area contributed by atoms with Crippen molar-refractivity contribution in [3.63, 3.8) is 0 Å². The normalized spacial score (nSPS) is 10.6. The third-order valence-corrected chi connectivity index (χ3v) is 4.92. The summed E-state index contributed by atoms with van der Waals surface area (Å²) in [6, 6.07) is 12.3. The predicted molar refractivity (Wildman–Crippen MR) is 114 cm³/mol. The van der Waals surface area contributed by atoms with Crippen LogP contribution in [0.15, 0.2) is 48.7 Å². The average molecular weight is 446 g/mol. The van der Waals surface area contributed by atoms with Gasteiger partial charge in [0.25, 0.3) is 0 Å². The number of thiocarbonyl (C=S) groups is 1. The molecule has 3 rings (SSSR count). The zero-order valence-electron chi connectivity index (χ0n) is 13.1. The van der Waals surface area contributed by atoms with Gasteiger partial charge in [-0.2, -0.15) is 5.10 Å². The minimum Gasteiger partial charge on any atom is -0.331 e.